The summed E-state index contributed by atoms with van der Waals surface area (Å²) < 4.78 is 9.57. The zero-order chi connectivity index (χ0) is 18.6. The van der Waals surface area contributed by atoms with E-state index in [9.17, 15) is 14.4 Å². The number of carbonyl (C=O) groups excluding carboxylic acids is 3. The Kier molecular flexibility index (Phi) is 11.2. The molecule has 142 valence electrons. The number of methoxy groups -OCH3 is 1. The first-order valence-electron chi connectivity index (χ1n) is 7.71. The lowest BCUT2D eigenvalue weighted by molar-refractivity contribution is -0.142. The molecule has 0 fully saturated rings. The zero-order valence-corrected chi connectivity index (χ0v) is 15.7. The van der Waals surface area contributed by atoms with Crippen molar-refractivity contribution in [2.45, 2.75) is 25.3 Å². The summed E-state index contributed by atoms with van der Waals surface area (Å²) in [5, 5.41) is 14.3. The quantitative estimate of drug-likeness (QED) is 0.451. The smallest absolute Gasteiger partial charge is 0.407 e. The molecule has 0 spiro atoms. The molecule has 3 N–H and O–H groups in total. The Bertz CT molecular complexity index is 411. The summed E-state index contributed by atoms with van der Waals surface area (Å²) in [5.41, 5.74) is 0. The van der Waals surface area contributed by atoms with Gasteiger partial charge in [0.2, 0.25) is 5.91 Å². The number of aliphatic hydroxyl groups excluding tert-OH is 1. The zero-order valence-electron chi connectivity index (χ0n) is 14.9. The molecule has 0 aromatic rings. The van der Waals surface area contributed by atoms with Crippen LogP contribution >= 0.6 is 10.0 Å². The fourth-order valence-electron chi connectivity index (χ4n) is 1.62. The Labute approximate surface area is 145 Å². The molecule has 0 unspecified atom stereocenters. The van der Waals surface area contributed by atoms with Crippen LogP contribution in [0.25, 0.3) is 0 Å². The molecule has 0 bridgehead atoms. The summed E-state index contributed by atoms with van der Waals surface area (Å²) in [7, 11) is 0.523. The van der Waals surface area contributed by atoms with Gasteiger partial charge in [-0.1, -0.05) is 0 Å². The third kappa shape index (κ3) is 13.0. The maximum absolute atomic E-state index is 11.7. The third-order valence-corrected chi connectivity index (χ3v) is 4.45. The molecule has 0 aliphatic carbocycles. The topological polar surface area (TPSA) is 114 Å². The van der Waals surface area contributed by atoms with E-state index < -0.39 is 28.1 Å². The van der Waals surface area contributed by atoms with Gasteiger partial charge in [0.15, 0.2) is 0 Å². The van der Waals surface area contributed by atoms with Crippen molar-refractivity contribution >= 4 is 28.0 Å². The Morgan fingerprint density at radius 1 is 1.17 bits per heavy atom. The van der Waals surface area contributed by atoms with E-state index in [1.165, 1.54) is 7.11 Å². The Hall–Kier alpha value is -1.48. The molecule has 1 atom stereocenters. The molecule has 2 amide bonds. The molecule has 8 nitrogen and oxygen atoms in total. The highest BCUT2D eigenvalue weighted by atomic mass is 32.3. The van der Waals surface area contributed by atoms with E-state index in [4.69, 9.17) is 9.84 Å². The molecule has 9 heteroatoms. The second kappa shape index (κ2) is 12.0. The predicted octanol–water partition coefficient (Wildman–Crippen LogP) is 0.227. The maximum atomic E-state index is 11.7. The molecule has 0 saturated heterocycles. The molecule has 0 rings (SSSR count). The monoisotopic (exact) mass is 366 g/mol. The summed E-state index contributed by atoms with van der Waals surface area (Å²) >= 11 is 0. The van der Waals surface area contributed by atoms with Gasteiger partial charge in [-0.15, -0.1) is 0 Å². The van der Waals surface area contributed by atoms with Crippen LogP contribution in [0.4, 0.5) is 4.79 Å². The van der Waals surface area contributed by atoms with Crippen LogP contribution in [0.3, 0.4) is 0 Å². The van der Waals surface area contributed by atoms with Gasteiger partial charge in [-0.25, -0.2) is 14.8 Å². The molecular formula is C15H30N2O6S. The summed E-state index contributed by atoms with van der Waals surface area (Å²) in [6, 6.07) is -0.438. The van der Waals surface area contributed by atoms with Crippen molar-refractivity contribution in [3.63, 3.8) is 0 Å². The number of carbonyl (C=O) groups is 3. The number of hydrogen-bond donors (Lipinski definition) is 3. The van der Waals surface area contributed by atoms with Crippen LogP contribution in [0, 0.1) is 0 Å². The van der Waals surface area contributed by atoms with Gasteiger partial charge < -0.3 is 25.2 Å². The van der Waals surface area contributed by atoms with Crippen LogP contribution in [-0.2, 0) is 19.1 Å². The van der Waals surface area contributed by atoms with Gasteiger partial charge in [0.25, 0.3) is 0 Å². The lowest BCUT2D eigenvalue weighted by Gasteiger charge is -2.25. The van der Waals surface area contributed by atoms with Gasteiger partial charge in [0.1, 0.15) is 6.61 Å². The molecular weight excluding hydrogens is 336 g/mol. The molecule has 0 aromatic carbocycles. The van der Waals surface area contributed by atoms with E-state index in [1.807, 2.05) is 0 Å². The summed E-state index contributed by atoms with van der Waals surface area (Å²) in [4.78, 5) is 34.3. The molecule has 24 heavy (non-hydrogen) atoms. The van der Waals surface area contributed by atoms with Gasteiger partial charge >= 0.3 is 12.1 Å². The molecule has 0 heterocycles. The fraction of sp³-hybridized carbons (Fsp3) is 0.800. The van der Waals surface area contributed by atoms with Crippen molar-refractivity contribution in [2.75, 3.05) is 51.4 Å². The Balaban J connectivity index is 4.13. The number of hydrogen-bond acceptors (Lipinski definition) is 6. The first-order chi connectivity index (χ1) is 11.2. The summed E-state index contributed by atoms with van der Waals surface area (Å²) in [5.74, 6) is 0.0320. The Morgan fingerprint density at radius 3 is 2.38 bits per heavy atom. The first kappa shape index (κ1) is 22.5. The largest absolute Gasteiger partial charge is 0.469 e. The van der Waals surface area contributed by atoms with Crippen LogP contribution in [-0.4, -0.2) is 80.5 Å². The second-order valence-corrected chi connectivity index (χ2v) is 10.8. The maximum Gasteiger partial charge on any atom is 0.407 e. The fourth-order valence-corrected chi connectivity index (χ4v) is 2.20. The van der Waals surface area contributed by atoms with Crippen molar-refractivity contribution in [3.8, 4) is 0 Å². The van der Waals surface area contributed by atoms with E-state index in [2.05, 4.69) is 34.1 Å². The van der Waals surface area contributed by atoms with Crippen molar-refractivity contribution in [1.29, 1.82) is 0 Å². The predicted molar refractivity (Wildman–Crippen MR) is 94.5 cm³/mol. The number of esters is 1. The van der Waals surface area contributed by atoms with Crippen molar-refractivity contribution in [2.24, 2.45) is 0 Å². The van der Waals surface area contributed by atoms with E-state index in [1.54, 1.807) is 0 Å². The lowest BCUT2D eigenvalue weighted by atomic mass is 10.2. The highest BCUT2D eigenvalue weighted by molar-refractivity contribution is 8.32. The van der Waals surface area contributed by atoms with E-state index in [0.717, 1.165) is 5.75 Å². The van der Waals surface area contributed by atoms with Gasteiger partial charge in [-0.2, -0.15) is 0 Å². The lowest BCUT2D eigenvalue weighted by Crippen LogP contribution is -2.44. The van der Waals surface area contributed by atoms with Crippen LogP contribution in [0.2, 0.25) is 0 Å². The minimum Gasteiger partial charge on any atom is -0.469 e. The molecule has 0 aromatic heterocycles. The van der Waals surface area contributed by atoms with Crippen LogP contribution in [0.15, 0.2) is 0 Å². The minimum atomic E-state index is -0.735. The molecule has 0 aliphatic rings. The van der Waals surface area contributed by atoms with Crippen molar-refractivity contribution in [3.05, 3.63) is 0 Å². The highest BCUT2D eigenvalue weighted by Gasteiger charge is 2.15. The van der Waals surface area contributed by atoms with Crippen molar-refractivity contribution < 1.29 is 29.0 Å². The standard InChI is InChI=1S/C15H30N2O6S/c1-22-14(20)6-5-13(19)16-11-12(7-8-18)17-15(21)23-9-10-24(2,3)4/h12,18H,5-11H2,1-4H3,(H,16,19)(H,17,21)/t12-/m0/s1. The van der Waals surface area contributed by atoms with E-state index >= 15 is 0 Å². The normalized spacial score (nSPS) is 12.9. The highest BCUT2D eigenvalue weighted by Crippen LogP contribution is 2.33. The minimum absolute atomic E-state index is 0.00237. The van der Waals surface area contributed by atoms with Crippen LogP contribution in [0.5, 0.6) is 0 Å². The molecule has 0 saturated carbocycles. The second-order valence-electron chi connectivity index (χ2n) is 6.16. The van der Waals surface area contributed by atoms with E-state index in [0.29, 0.717) is 6.61 Å². The van der Waals surface area contributed by atoms with Crippen LogP contribution in [0.1, 0.15) is 19.3 Å². The van der Waals surface area contributed by atoms with Crippen molar-refractivity contribution in [1.82, 2.24) is 10.6 Å². The van der Waals surface area contributed by atoms with E-state index in [-0.39, 0.29) is 38.3 Å². The summed E-state index contributed by atoms with van der Waals surface area (Å²) in [6.07, 6.45) is 6.12. The summed E-state index contributed by atoms with van der Waals surface area (Å²) in [6.45, 7) is 0.358. The number of alkyl carbamates (subject to hydrolysis) is 1. The third-order valence-electron chi connectivity index (χ3n) is 3.06. The van der Waals surface area contributed by atoms with Gasteiger partial charge in [-0.05, 0) is 25.2 Å². The average molecular weight is 366 g/mol. The number of nitrogens with one attached hydrogen (secondary N) is 2. The number of rotatable bonds is 11. The Morgan fingerprint density at radius 2 is 1.83 bits per heavy atom. The van der Waals surface area contributed by atoms with Gasteiger partial charge in [0, 0.05) is 25.3 Å². The molecule has 0 radical (unpaired) electrons. The SMILES string of the molecule is COC(=O)CCC(=O)NC[C@H](CCO)NC(=O)OCCS(C)(C)C. The number of ether oxygens (including phenoxy) is 2. The van der Waals surface area contributed by atoms with Gasteiger partial charge in [0.05, 0.1) is 19.6 Å². The molecule has 0 aliphatic heterocycles. The van der Waals surface area contributed by atoms with Gasteiger partial charge in [-0.3, -0.25) is 9.59 Å². The number of aliphatic hydroxyl groups is 1. The first-order valence-corrected chi connectivity index (χ1v) is 10.7. The van der Waals surface area contributed by atoms with Crippen LogP contribution < -0.4 is 10.6 Å². The average Bonchev–Trinajstić information content (AvgIpc) is 2.49. The number of amides is 2.